The zero-order valence-electron chi connectivity index (χ0n) is 15.7. The summed E-state index contributed by atoms with van der Waals surface area (Å²) >= 11 is 0. The molecule has 1 aromatic carbocycles. The summed E-state index contributed by atoms with van der Waals surface area (Å²) in [6.45, 7) is 5.64. The van der Waals surface area contributed by atoms with Gasteiger partial charge in [-0.15, -0.1) is 24.0 Å². The predicted octanol–water partition coefficient (Wildman–Crippen LogP) is 1.63. The molecule has 2 aliphatic rings. The van der Waals surface area contributed by atoms with Gasteiger partial charge >= 0.3 is 0 Å². The Morgan fingerprint density at radius 3 is 2.59 bits per heavy atom. The van der Waals surface area contributed by atoms with Gasteiger partial charge in [0.25, 0.3) is 0 Å². The summed E-state index contributed by atoms with van der Waals surface area (Å²) < 4.78 is 27.0. The predicted molar refractivity (Wildman–Crippen MR) is 119 cm³/mol. The minimum Gasteiger partial charge on any atom is -0.370 e. The molecule has 1 saturated carbocycles. The second-order valence-electron chi connectivity index (χ2n) is 7.05. The average Bonchev–Trinajstić information content (AvgIpc) is 3.31. The number of likely N-dealkylation sites (N-methyl/N-ethyl adjacent to an activating group) is 1. The molecule has 1 saturated heterocycles. The Morgan fingerprint density at radius 1 is 1.26 bits per heavy atom. The highest BCUT2D eigenvalue weighted by atomic mass is 127. The molecule has 0 amide bonds. The number of guanidine groups is 1. The van der Waals surface area contributed by atoms with Gasteiger partial charge in [-0.25, -0.2) is 18.1 Å². The Morgan fingerprint density at radius 2 is 1.96 bits per heavy atom. The lowest BCUT2D eigenvalue weighted by Crippen LogP contribution is -2.42. The molecule has 4 N–H and O–H groups in total. The van der Waals surface area contributed by atoms with Crippen LogP contribution in [0.3, 0.4) is 0 Å². The van der Waals surface area contributed by atoms with E-state index in [4.69, 9.17) is 5.73 Å². The van der Waals surface area contributed by atoms with Gasteiger partial charge in [0.2, 0.25) is 10.0 Å². The topological polar surface area (TPSA) is 99.8 Å². The maximum absolute atomic E-state index is 12.1. The number of nitrogens with zero attached hydrogens (tertiary/aromatic N) is 2. The molecule has 152 valence electrons. The third-order valence-corrected chi connectivity index (χ3v) is 6.53. The van der Waals surface area contributed by atoms with Crippen LogP contribution in [0, 0.1) is 0 Å². The molecule has 1 aliphatic carbocycles. The number of benzene rings is 1. The summed E-state index contributed by atoms with van der Waals surface area (Å²) in [6, 6.07) is 7.45. The Hall–Kier alpha value is -0.910. The van der Waals surface area contributed by atoms with E-state index in [1.807, 2.05) is 0 Å². The molecule has 1 heterocycles. The van der Waals surface area contributed by atoms with E-state index in [1.165, 1.54) is 12.8 Å². The van der Waals surface area contributed by atoms with Crippen molar-refractivity contribution in [2.45, 2.75) is 56.1 Å². The molecule has 0 spiro atoms. The van der Waals surface area contributed by atoms with Crippen molar-refractivity contribution in [3.8, 4) is 0 Å². The normalized spacial score (nSPS) is 21.1. The molecule has 1 aromatic rings. The van der Waals surface area contributed by atoms with Gasteiger partial charge in [-0.05, 0) is 56.5 Å². The quantitative estimate of drug-likeness (QED) is 0.282. The van der Waals surface area contributed by atoms with Crippen molar-refractivity contribution in [2.75, 3.05) is 19.6 Å². The molecule has 9 heteroatoms. The van der Waals surface area contributed by atoms with Crippen LogP contribution in [0.15, 0.2) is 34.2 Å². The number of sulfonamides is 1. The van der Waals surface area contributed by atoms with Gasteiger partial charge in [-0.1, -0.05) is 19.1 Å². The molecular weight excluding hydrogens is 477 g/mol. The van der Waals surface area contributed by atoms with E-state index in [9.17, 15) is 8.42 Å². The lowest BCUT2D eigenvalue weighted by atomic mass is 10.2. The monoisotopic (exact) mass is 507 g/mol. The molecule has 0 aromatic heterocycles. The number of aliphatic imine (C=N–C) groups is 1. The molecule has 1 aliphatic heterocycles. The molecule has 27 heavy (non-hydrogen) atoms. The van der Waals surface area contributed by atoms with E-state index in [1.54, 1.807) is 24.3 Å². The van der Waals surface area contributed by atoms with Crippen molar-refractivity contribution < 1.29 is 8.42 Å². The fourth-order valence-electron chi connectivity index (χ4n) is 3.26. The first kappa shape index (κ1) is 22.4. The number of rotatable bonds is 8. The Balaban J connectivity index is 0.00000261. The number of nitrogens with one attached hydrogen (secondary N) is 2. The van der Waals surface area contributed by atoms with Gasteiger partial charge in [-0.2, -0.15) is 0 Å². The van der Waals surface area contributed by atoms with Gasteiger partial charge in [0, 0.05) is 18.6 Å². The van der Waals surface area contributed by atoms with Crippen molar-refractivity contribution in [3.05, 3.63) is 29.8 Å². The van der Waals surface area contributed by atoms with E-state index in [-0.39, 0.29) is 30.0 Å². The van der Waals surface area contributed by atoms with Crippen molar-refractivity contribution in [1.29, 1.82) is 0 Å². The van der Waals surface area contributed by atoms with Crippen LogP contribution in [0.4, 0.5) is 0 Å². The summed E-state index contributed by atoms with van der Waals surface area (Å²) in [5, 5.41) is 3.20. The Bertz CT molecular complexity index is 735. The van der Waals surface area contributed by atoms with Gasteiger partial charge in [0.1, 0.15) is 0 Å². The van der Waals surface area contributed by atoms with Crippen LogP contribution in [0.5, 0.6) is 0 Å². The average molecular weight is 507 g/mol. The van der Waals surface area contributed by atoms with E-state index >= 15 is 0 Å². The molecule has 0 radical (unpaired) electrons. The molecule has 0 bridgehead atoms. The minimum absolute atomic E-state index is 0. The van der Waals surface area contributed by atoms with Crippen molar-refractivity contribution in [3.63, 3.8) is 0 Å². The van der Waals surface area contributed by atoms with Crippen LogP contribution in [-0.4, -0.2) is 51.0 Å². The largest absolute Gasteiger partial charge is 0.370 e. The van der Waals surface area contributed by atoms with Crippen molar-refractivity contribution in [2.24, 2.45) is 10.7 Å². The number of hydrogen-bond acceptors (Lipinski definition) is 4. The summed E-state index contributed by atoms with van der Waals surface area (Å²) in [5.74, 6) is 0.431. The van der Waals surface area contributed by atoms with Crippen LogP contribution in [0.1, 0.15) is 38.2 Å². The number of nitrogens with two attached hydrogens (primary N) is 1. The summed E-state index contributed by atoms with van der Waals surface area (Å²) in [6.07, 6.45) is 4.28. The SMILES string of the molecule is CCN1CCCC1CNC(N)=NCc1ccc(S(=O)(=O)NC2CC2)cc1.I. The minimum atomic E-state index is -3.40. The van der Waals surface area contributed by atoms with E-state index in [0.717, 1.165) is 38.0 Å². The van der Waals surface area contributed by atoms with Crippen LogP contribution >= 0.6 is 24.0 Å². The second-order valence-corrected chi connectivity index (χ2v) is 8.76. The van der Waals surface area contributed by atoms with Gasteiger partial charge in [0.05, 0.1) is 11.4 Å². The highest BCUT2D eigenvalue weighted by Gasteiger charge is 2.27. The maximum atomic E-state index is 12.1. The Kier molecular flexibility index (Phi) is 8.32. The fraction of sp³-hybridized carbons (Fsp3) is 0.611. The van der Waals surface area contributed by atoms with E-state index < -0.39 is 10.0 Å². The van der Waals surface area contributed by atoms with E-state index in [0.29, 0.717) is 23.4 Å². The molecule has 2 fully saturated rings. The lowest BCUT2D eigenvalue weighted by molar-refractivity contribution is 0.267. The lowest BCUT2D eigenvalue weighted by Gasteiger charge is -2.23. The van der Waals surface area contributed by atoms with Gasteiger partial charge < -0.3 is 11.1 Å². The highest BCUT2D eigenvalue weighted by molar-refractivity contribution is 14.0. The summed E-state index contributed by atoms with van der Waals surface area (Å²) in [5.41, 5.74) is 6.89. The van der Waals surface area contributed by atoms with Crippen LogP contribution in [0.2, 0.25) is 0 Å². The first-order chi connectivity index (χ1) is 12.5. The van der Waals surface area contributed by atoms with Crippen molar-refractivity contribution in [1.82, 2.24) is 14.9 Å². The second kappa shape index (κ2) is 10.0. The Labute approximate surface area is 179 Å². The summed E-state index contributed by atoms with van der Waals surface area (Å²) in [4.78, 5) is 7.11. The number of halogens is 1. The zero-order chi connectivity index (χ0) is 18.6. The van der Waals surface area contributed by atoms with Gasteiger partial charge in [0.15, 0.2) is 5.96 Å². The van der Waals surface area contributed by atoms with E-state index in [2.05, 4.69) is 26.9 Å². The van der Waals surface area contributed by atoms with Crippen molar-refractivity contribution >= 4 is 40.0 Å². The first-order valence-corrected chi connectivity index (χ1v) is 10.9. The fourth-order valence-corrected chi connectivity index (χ4v) is 4.57. The molecule has 7 nitrogen and oxygen atoms in total. The van der Waals surface area contributed by atoms with Crippen LogP contribution in [-0.2, 0) is 16.6 Å². The standard InChI is InChI=1S/C18H29N5O2S.HI/c1-2-23-11-3-4-16(23)13-21-18(19)20-12-14-5-9-17(10-6-14)26(24,25)22-15-7-8-15;/h5-6,9-10,15-16,22H,2-4,7-8,11-13H2,1H3,(H3,19,20,21);1H. The van der Waals surface area contributed by atoms with Crippen LogP contribution in [0.25, 0.3) is 0 Å². The maximum Gasteiger partial charge on any atom is 0.240 e. The number of likely N-dealkylation sites (tertiary alicyclic amines) is 1. The first-order valence-electron chi connectivity index (χ1n) is 9.37. The molecule has 1 atom stereocenters. The zero-order valence-corrected chi connectivity index (χ0v) is 18.9. The molecule has 1 unspecified atom stereocenters. The molecule has 3 rings (SSSR count). The smallest absolute Gasteiger partial charge is 0.240 e. The molecular formula is C18H30IN5O2S. The highest BCUT2D eigenvalue weighted by Crippen LogP contribution is 2.22. The summed E-state index contributed by atoms with van der Waals surface area (Å²) in [7, 11) is -3.40. The van der Waals surface area contributed by atoms with Crippen LogP contribution < -0.4 is 15.8 Å². The third-order valence-electron chi connectivity index (χ3n) is 4.99. The number of hydrogen-bond donors (Lipinski definition) is 3. The third kappa shape index (κ3) is 6.58. The van der Waals surface area contributed by atoms with Gasteiger partial charge in [-0.3, -0.25) is 4.90 Å².